The normalized spacial score (nSPS) is 11.3. The van der Waals surface area contributed by atoms with E-state index in [1.807, 2.05) is 0 Å². The van der Waals surface area contributed by atoms with Crippen molar-refractivity contribution in [3.8, 4) is 0 Å². The van der Waals surface area contributed by atoms with Crippen molar-refractivity contribution in [3.05, 3.63) is 28.2 Å². The van der Waals surface area contributed by atoms with Crippen molar-refractivity contribution in [2.45, 2.75) is 4.90 Å². The number of hydrogen-bond acceptors (Lipinski definition) is 5. The summed E-state index contributed by atoms with van der Waals surface area (Å²) in [5.74, 6) is -0.533. The van der Waals surface area contributed by atoms with Crippen LogP contribution in [0.25, 0.3) is 0 Å². The van der Waals surface area contributed by atoms with Crippen LogP contribution in [0, 0.1) is 0 Å². The van der Waals surface area contributed by atoms with Crippen LogP contribution in [0.5, 0.6) is 0 Å². The Hall–Kier alpha value is -0.960. The zero-order valence-corrected chi connectivity index (χ0v) is 12.0. The Morgan fingerprint density at radius 3 is 2.67 bits per heavy atom. The van der Waals surface area contributed by atoms with Gasteiger partial charge in [-0.25, -0.2) is 17.9 Å². The first-order chi connectivity index (χ1) is 8.42. The summed E-state index contributed by atoms with van der Waals surface area (Å²) in [5.41, 5.74) is 5.50. The van der Waals surface area contributed by atoms with E-state index in [2.05, 4.69) is 25.4 Å². The minimum Gasteiger partial charge on any atom is -0.465 e. The highest BCUT2D eigenvalue weighted by Crippen LogP contribution is 2.23. The molecule has 0 radical (unpaired) electrons. The van der Waals surface area contributed by atoms with Gasteiger partial charge in [0, 0.05) is 17.6 Å². The maximum atomic E-state index is 11.8. The van der Waals surface area contributed by atoms with E-state index in [0.717, 1.165) is 0 Å². The summed E-state index contributed by atoms with van der Waals surface area (Å²) in [7, 11) is -2.38. The highest BCUT2D eigenvalue weighted by Gasteiger charge is 2.18. The van der Waals surface area contributed by atoms with Crippen molar-refractivity contribution in [2.75, 3.05) is 20.2 Å². The number of esters is 1. The third-order valence-corrected chi connectivity index (χ3v) is 4.52. The van der Waals surface area contributed by atoms with Gasteiger partial charge in [-0.05, 0) is 34.1 Å². The number of methoxy groups -OCH3 is 1. The molecule has 18 heavy (non-hydrogen) atoms. The van der Waals surface area contributed by atoms with E-state index in [1.54, 1.807) is 0 Å². The molecule has 1 rings (SSSR count). The lowest BCUT2D eigenvalue weighted by Gasteiger charge is -2.08. The number of nitrogens with two attached hydrogens (primary N) is 1. The van der Waals surface area contributed by atoms with Crippen LogP contribution in [0.1, 0.15) is 10.4 Å². The van der Waals surface area contributed by atoms with Gasteiger partial charge in [0.1, 0.15) is 0 Å². The van der Waals surface area contributed by atoms with Crippen LogP contribution in [0.4, 0.5) is 0 Å². The fourth-order valence-corrected chi connectivity index (χ4v) is 3.36. The maximum Gasteiger partial charge on any atom is 0.337 e. The first-order valence-electron chi connectivity index (χ1n) is 5.00. The van der Waals surface area contributed by atoms with Crippen LogP contribution in [-0.2, 0) is 14.8 Å². The van der Waals surface area contributed by atoms with Gasteiger partial charge in [-0.1, -0.05) is 0 Å². The molecule has 0 fully saturated rings. The van der Waals surface area contributed by atoms with E-state index < -0.39 is 16.0 Å². The third-order valence-electron chi connectivity index (χ3n) is 2.08. The molecule has 1 aromatic carbocycles. The summed E-state index contributed by atoms with van der Waals surface area (Å²) in [6.07, 6.45) is 0. The van der Waals surface area contributed by atoms with Crippen LogP contribution in [0.2, 0.25) is 0 Å². The van der Waals surface area contributed by atoms with Gasteiger partial charge in [0.15, 0.2) is 0 Å². The van der Waals surface area contributed by atoms with Crippen LogP contribution >= 0.6 is 15.9 Å². The molecular weight excluding hydrogens is 324 g/mol. The first kappa shape index (κ1) is 15.1. The minimum absolute atomic E-state index is 0.0450. The Balaban J connectivity index is 3.09. The van der Waals surface area contributed by atoms with Gasteiger partial charge >= 0.3 is 5.97 Å². The highest BCUT2D eigenvalue weighted by molar-refractivity contribution is 9.10. The van der Waals surface area contributed by atoms with Crippen molar-refractivity contribution in [2.24, 2.45) is 5.73 Å². The zero-order valence-electron chi connectivity index (χ0n) is 9.64. The van der Waals surface area contributed by atoms with Gasteiger partial charge in [-0.3, -0.25) is 0 Å². The average Bonchev–Trinajstić information content (AvgIpc) is 2.35. The molecular formula is C10H13BrN2O4S. The second-order valence-electron chi connectivity index (χ2n) is 3.32. The average molecular weight is 337 g/mol. The Bertz CT molecular complexity index is 545. The summed E-state index contributed by atoms with van der Waals surface area (Å²) in [4.78, 5) is 11.3. The molecule has 0 heterocycles. The Labute approximate surface area is 114 Å². The second-order valence-corrected chi connectivity index (χ2v) is 5.91. The van der Waals surface area contributed by atoms with Crippen molar-refractivity contribution < 1.29 is 17.9 Å². The van der Waals surface area contributed by atoms with Crippen LogP contribution in [0.15, 0.2) is 27.6 Å². The lowest BCUT2D eigenvalue weighted by molar-refractivity contribution is 0.0600. The van der Waals surface area contributed by atoms with E-state index in [9.17, 15) is 13.2 Å². The molecule has 0 amide bonds. The number of nitrogens with one attached hydrogen (secondary N) is 1. The fourth-order valence-electron chi connectivity index (χ4n) is 1.23. The largest absolute Gasteiger partial charge is 0.465 e. The highest BCUT2D eigenvalue weighted by atomic mass is 79.9. The lowest BCUT2D eigenvalue weighted by Crippen LogP contribution is -2.29. The summed E-state index contributed by atoms with van der Waals surface area (Å²) >= 11 is 3.11. The van der Waals surface area contributed by atoms with E-state index >= 15 is 0 Å². The van der Waals surface area contributed by atoms with E-state index in [1.165, 1.54) is 25.3 Å². The Morgan fingerprint density at radius 1 is 1.50 bits per heavy atom. The van der Waals surface area contributed by atoms with Crippen molar-refractivity contribution in [1.29, 1.82) is 0 Å². The molecule has 0 saturated heterocycles. The Morgan fingerprint density at radius 2 is 2.17 bits per heavy atom. The number of hydrogen-bond donors (Lipinski definition) is 2. The van der Waals surface area contributed by atoms with E-state index in [4.69, 9.17) is 5.73 Å². The quantitative estimate of drug-likeness (QED) is 0.761. The SMILES string of the molecule is COC(=O)c1ccc(S(=O)(=O)NCCN)c(Br)c1. The molecule has 0 atom stereocenters. The molecule has 1 aromatic rings. The predicted octanol–water partition coefficient (Wildman–Crippen LogP) is 0.473. The molecule has 3 N–H and O–H groups in total. The summed E-state index contributed by atoms with van der Waals surface area (Å²) < 4.78 is 30.9. The van der Waals surface area contributed by atoms with Crippen molar-refractivity contribution >= 4 is 31.9 Å². The standard InChI is InChI=1S/C10H13BrN2O4S/c1-17-10(14)7-2-3-9(8(11)6-7)18(15,16)13-5-4-12/h2-3,6,13H,4-5,12H2,1H3. The molecule has 0 aliphatic rings. The molecule has 8 heteroatoms. The molecule has 0 spiro atoms. The van der Waals surface area contributed by atoms with Gasteiger partial charge in [0.2, 0.25) is 10.0 Å². The number of sulfonamides is 1. The second kappa shape index (κ2) is 6.28. The number of ether oxygens (including phenoxy) is 1. The molecule has 0 bridgehead atoms. The van der Waals surface area contributed by atoms with Crippen LogP contribution < -0.4 is 10.5 Å². The first-order valence-corrected chi connectivity index (χ1v) is 7.27. The smallest absolute Gasteiger partial charge is 0.337 e. The van der Waals surface area contributed by atoms with Crippen molar-refractivity contribution in [3.63, 3.8) is 0 Å². The van der Waals surface area contributed by atoms with Gasteiger partial charge in [-0.2, -0.15) is 0 Å². The third kappa shape index (κ3) is 3.52. The molecule has 0 aliphatic heterocycles. The predicted molar refractivity (Wildman–Crippen MR) is 69.7 cm³/mol. The molecule has 0 unspecified atom stereocenters. The van der Waals surface area contributed by atoms with Crippen LogP contribution in [-0.4, -0.2) is 34.6 Å². The van der Waals surface area contributed by atoms with Crippen molar-refractivity contribution in [1.82, 2.24) is 4.72 Å². The number of halogens is 1. The fraction of sp³-hybridized carbons (Fsp3) is 0.300. The monoisotopic (exact) mass is 336 g/mol. The number of carbonyl (C=O) groups is 1. The molecule has 0 saturated carbocycles. The number of rotatable bonds is 5. The summed E-state index contributed by atoms with van der Waals surface area (Å²) in [5, 5.41) is 0. The van der Waals surface area contributed by atoms with Gasteiger partial charge in [-0.15, -0.1) is 0 Å². The summed E-state index contributed by atoms with van der Waals surface area (Å²) in [6.45, 7) is 0.352. The molecule has 100 valence electrons. The zero-order chi connectivity index (χ0) is 13.8. The molecule has 0 aromatic heterocycles. The topological polar surface area (TPSA) is 98.5 Å². The molecule has 6 nitrogen and oxygen atoms in total. The molecule has 0 aliphatic carbocycles. The van der Waals surface area contributed by atoms with Gasteiger partial charge < -0.3 is 10.5 Å². The lowest BCUT2D eigenvalue weighted by atomic mass is 10.2. The van der Waals surface area contributed by atoms with Gasteiger partial charge in [0.05, 0.1) is 17.6 Å². The maximum absolute atomic E-state index is 11.8. The van der Waals surface area contributed by atoms with Gasteiger partial charge in [0.25, 0.3) is 0 Å². The van der Waals surface area contributed by atoms with Crippen LogP contribution in [0.3, 0.4) is 0 Å². The summed E-state index contributed by atoms with van der Waals surface area (Å²) in [6, 6.07) is 4.10. The number of carbonyl (C=O) groups excluding carboxylic acids is 1. The Kier molecular flexibility index (Phi) is 5.27. The van der Waals surface area contributed by atoms with E-state index in [0.29, 0.717) is 0 Å². The number of benzene rings is 1. The minimum atomic E-state index is -3.63. The van der Waals surface area contributed by atoms with E-state index in [-0.39, 0.29) is 28.0 Å².